The maximum absolute atomic E-state index is 12.2. The van der Waals surface area contributed by atoms with Gasteiger partial charge < -0.3 is 15.1 Å². The van der Waals surface area contributed by atoms with Gasteiger partial charge in [-0.25, -0.2) is 9.97 Å². The Hall–Kier alpha value is -2.70. The zero-order valence-electron chi connectivity index (χ0n) is 15.3. The molecule has 0 radical (unpaired) electrons. The molecule has 7 nitrogen and oxygen atoms in total. The van der Waals surface area contributed by atoms with E-state index in [-0.39, 0.29) is 5.91 Å². The van der Waals surface area contributed by atoms with Crippen LogP contribution in [0.15, 0.2) is 18.3 Å². The number of hydrogen-bond acceptors (Lipinski definition) is 6. The van der Waals surface area contributed by atoms with Gasteiger partial charge in [-0.3, -0.25) is 9.78 Å². The molecule has 0 saturated carbocycles. The molecule has 1 saturated heterocycles. The highest BCUT2D eigenvalue weighted by atomic mass is 16.1. The van der Waals surface area contributed by atoms with E-state index >= 15 is 0 Å². The molecular weight excluding hydrogens is 328 g/mol. The second-order valence-corrected chi connectivity index (χ2v) is 6.91. The van der Waals surface area contributed by atoms with Crippen LogP contribution in [0.3, 0.4) is 0 Å². The third-order valence-corrected chi connectivity index (χ3v) is 5.01. The molecule has 0 aromatic carbocycles. The SMILES string of the molecule is Cc1cc(N2CCCN(c3nc(C)nc4c3CCNC4=O)CC2)ccn1. The fourth-order valence-corrected chi connectivity index (χ4v) is 3.76. The summed E-state index contributed by atoms with van der Waals surface area (Å²) in [5, 5.41) is 2.88. The molecule has 2 aliphatic rings. The molecule has 0 bridgehead atoms. The zero-order valence-corrected chi connectivity index (χ0v) is 15.3. The Balaban J connectivity index is 1.59. The molecule has 2 aliphatic heterocycles. The second-order valence-electron chi connectivity index (χ2n) is 6.91. The van der Waals surface area contributed by atoms with Crippen molar-refractivity contribution in [2.75, 3.05) is 42.5 Å². The van der Waals surface area contributed by atoms with Crippen molar-refractivity contribution in [3.05, 3.63) is 41.1 Å². The lowest BCUT2D eigenvalue weighted by Crippen LogP contribution is -2.37. The first kappa shape index (κ1) is 16.8. The van der Waals surface area contributed by atoms with Crippen LogP contribution in [0.1, 0.15) is 34.0 Å². The molecule has 7 heteroatoms. The third kappa shape index (κ3) is 3.21. The summed E-state index contributed by atoms with van der Waals surface area (Å²) < 4.78 is 0. The summed E-state index contributed by atoms with van der Waals surface area (Å²) in [6, 6.07) is 4.21. The van der Waals surface area contributed by atoms with Crippen LogP contribution in [0.25, 0.3) is 0 Å². The Kier molecular flexibility index (Phi) is 4.44. The highest BCUT2D eigenvalue weighted by molar-refractivity contribution is 5.96. The largest absolute Gasteiger partial charge is 0.370 e. The minimum absolute atomic E-state index is 0.0818. The molecule has 2 aromatic rings. The molecule has 4 heterocycles. The molecule has 0 spiro atoms. The van der Waals surface area contributed by atoms with Crippen molar-refractivity contribution in [1.29, 1.82) is 0 Å². The van der Waals surface area contributed by atoms with E-state index in [1.165, 1.54) is 5.69 Å². The van der Waals surface area contributed by atoms with Gasteiger partial charge >= 0.3 is 0 Å². The summed E-state index contributed by atoms with van der Waals surface area (Å²) in [4.78, 5) is 30.3. The van der Waals surface area contributed by atoms with E-state index in [0.29, 0.717) is 18.1 Å². The van der Waals surface area contributed by atoms with Crippen molar-refractivity contribution in [3.63, 3.8) is 0 Å². The lowest BCUT2D eigenvalue weighted by Gasteiger charge is -2.28. The van der Waals surface area contributed by atoms with Crippen molar-refractivity contribution in [2.24, 2.45) is 0 Å². The van der Waals surface area contributed by atoms with Crippen LogP contribution in [0.5, 0.6) is 0 Å². The van der Waals surface area contributed by atoms with Crippen molar-refractivity contribution < 1.29 is 4.79 Å². The number of hydrogen-bond donors (Lipinski definition) is 1. The fraction of sp³-hybridized carbons (Fsp3) is 0.474. The first-order valence-corrected chi connectivity index (χ1v) is 9.20. The predicted octanol–water partition coefficient (Wildman–Crippen LogP) is 1.49. The van der Waals surface area contributed by atoms with E-state index in [4.69, 9.17) is 4.98 Å². The standard InChI is InChI=1S/C19H24N6O/c1-13-12-15(4-6-20-13)24-8-3-9-25(11-10-24)18-16-5-7-21-19(26)17(16)22-14(2)23-18/h4,6,12H,3,5,7-11H2,1-2H3,(H,21,26). The van der Waals surface area contributed by atoms with Crippen molar-refractivity contribution in [1.82, 2.24) is 20.3 Å². The summed E-state index contributed by atoms with van der Waals surface area (Å²) in [5.74, 6) is 1.51. The minimum Gasteiger partial charge on any atom is -0.370 e. The first-order chi connectivity index (χ1) is 12.6. The summed E-state index contributed by atoms with van der Waals surface area (Å²) in [5.41, 5.74) is 3.80. The Labute approximate surface area is 153 Å². The normalized spacial score (nSPS) is 17.5. The predicted molar refractivity (Wildman–Crippen MR) is 101 cm³/mol. The number of amides is 1. The average molecular weight is 352 g/mol. The number of pyridine rings is 1. The highest BCUT2D eigenvalue weighted by Crippen LogP contribution is 2.26. The van der Waals surface area contributed by atoms with Gasteiger partial charge in [-0.1, -0.05) is 0 Å². The third-order valence-electron chi connectivity index (χ3n) is 5.01. The summed E-state index contributed by atoms with van der Waals surface area (Å²) >= 11 is 0. The van der Waals surface area contributed by atoms with Gasteiger partial charge in [0.25, 0.3) is 5.91 Å². The Bertz CT molecular complexity index is 837. The van der Waals surface area contributed by atoms with Gasteiger partial charge in [-0.05, 0) is 38.8 Å². The second kappa shape index (κ2) is 6.90. The number of carbonyl (C=O) groups is 1. The Morgan fingerprint density at radius 2 is 1.88 bits per heavy atom. The van der Waals surface area contributed by atoms with Crippen molar-refractivity contribution in [3.8, 4) is 0 Å². The summed E-state index contributed by atoms with van der Waals surface area (Å²) in [6.07, 6.45) is 3.71. The number of rotatable bonds is 2. The maximum atomic E-state index is 12.2. The molecular formula is C19H24N6O. The minimum atomic E-state index is -0.0818. The lowest BCUT2D eigenvalue weighted by molar-refractivity contribution is 0.0940. The summed E-state index contributed by atoms with van der Waals surface area (Å²) in [7, 11) is 0. The van der Waals surface area contributed by atoms with Crippen LogP contribution >= 0.6 is 0 Å². The first-order valence-electron chi connectivity index (χ1n) is 9.20. The van der Waals surface area contributed by atoms with Crippen LogP contribution in [-0.2, 0) is 6.42 Å². The average Bonchev–Trinajstić information content (AvgIpc) is 2.88. The number of aromatic nitrogens is 3. The number of nitrogens with one attached hydrogen (secondary N) is 1. The number of nitrogens with zero attached hydrogens (tertiary/aromatic N) is 5. The molecule has 0 unspecified atom stereocenters. The topological polar surface area (TPSA) is 74.2 Å². The van der Waals surface area contributed by atoms with Gasteiger partial charge in [0.05, 0.1) is 0 Å². The van der Waals surface area contributed by atoms with Crippen molar-refractivity contribution >= 4 is 17.4 Å². The number of aryl methyl sites for hydroxylation is 2. The summed E-state index contributed by atoms with van der Waals surface area (Å²) in [6.45, 7) is 8.28. The van der Waals surface area contributed by atoms with Crippen LogP contribution in [-0.4, -0.2) is 53.6 Å². The number of anilines is 2. The van der Waals surface area contributed by atoms with Gasteiger partial charge in [0.15, 0.2) is 0 Å². The van der Waals surface area contributed by atoms with E-state index in [0.717, 1.165) is 56.1 Å². The monoisotopic (exact) mass is 352 g/mol. The van der Waals surface area contributed by atoms with Gasteiger partial charge in [-0.2, -0.15) is 0 Å². The lowest BCUT2D eigenvalue weighted by atomic mass is 10.1. The molecule has 0 aliphatic carbocycles. The van der Waals surface area contributed by atoms with E-state index in [1.807, 2.05) is 20.0 Å². The molecule has 4 rings (SSSR count). The van der Waals surface area contributed by atoms with Crippen LogP contribution < -0.4 is 15.1 Å². The molecule has 26 heavy (non-hydrogen) atoms. The quantitative estimate of drug-likeness (QED) is 0.883. The Morgan fingerprint density at radius 3 is 2.73 bits per heavy atom. The van der Waals surface area contributed by atoms with Crippen LogP contribution in [0.2, 0.25) is 0 Å². The number of fused-ring (bicyclic) bond motifs is 1. The van der Waals surface area contributed by atoms with E-state index < -0.39 is 0 Å². The van der Waals surface area contributed by atoms with Gasteiger partial charge in [0.2, 0.25) is 0 Å². The molecule has 1 fully saturated rings. The molecule has 1 amide bonds. The highest BCUT2D eigenvalue weighted by Gasteiger charge is 2.26. The van der Waals surface area contributed by atoms with Gasteiger partial charge in [-0.15, -0.1) is 0 Å². The fourth-order valence-electron chi connectivity index (χ4n) is 3.76. The number of carbonyl (C=O) groups excluding carboxylic acids is 1. The van der Waals surface area contributed by atoms with Gasteiger partial charge in [0.1, 0.15) is 17.3 Å². The molecule has 1 N–H and O–H groups in total. The zero-order chi connectivity index (χ0) is 18.1. The molecule has 2 aromatic heterocycles. The van der Waals surface area contributed by atoms with E-state index in [1.54, 1.807) is 0 Å². The molecule has 0 atom stereocenters. The maximum Gasteiger partial charge on any atom is 0.270 e. The molecule has 136 valence electrons. The van der Waals surface area contributed by atoms with Crippen LogP contribution in [0, 0.1) is 13.8 Å². The smallest absolute Gasteiger partial charge is 0.270 e. The van der Waals surface area contributed by atoms with Crippen molar-refractivity contribution in [2.45, 2.75) is 26.7 Å². The Morgan fingerprint density at radius 1 is 1.08 bits per heavy atom. The van der Waals surface area contributed by atoms with E-state index in [9.17, 15) is 4.79 Å². The van der Waals surface area contributed by atoms with Gasteiger partial charge in [0, 0.05) is 55.9 Å². The van der Waals surface area contributed by atoms with Crippen LogP contribution in [0.4, 0.5) is 11.5 Å². The van der Waals surface area contributed by atoms with E-state index in [2.05, 4.69) is 37.2 Å².